The van der Waals surface area contributed by atoms with Crippen molar-refractivity contribution >= 4 is 40.3 Å². The van der Waals surface area contributed by atoms with Crippen LogP contribution in [0.5, 0.6) is 0 Å². The maximum Gasteiger partial charge on any atom is 0.254 e. The van der Waals surface area contributed by atoms with E-state index >= 15 is 0 Å². The fraction of sp³-hybridized carbons (Fsp3) is 0.154. The monoisotopic (exact) mass is 550 g/mol. The Labute approximate surface area is 226 Å². The van der Waals surface area contributed by atoms with E-state index in [-0.39, 0.29) is 22.9 Å². The van der Waals surface area contributed by atoms with Gasteiger partial charge < -0.3 is 0 Å². The summed E-state index contributed by atoms with van der Waals surface area (Å²) in [7, 11) is 0. The third-order valence-corrected chi connectivity index (χ3v) is 7.08. The van der Waals surface area contributed by atoms with E-state index in [0.29, 0.717) is 34.8 Å². The van der Waals surface area contributed by atoms with E-state index in [1.165, 1.54) is 33.0 Å². The number of aromatic nitrogens is 6. The lowest BCUT2D eigenvalue weighted by Gasteiger charge is -2.19. The van der Waals surface area contributed by atoms with Gasteiger partial charge in [-0.05, 0) is 23.8 Å². The topological polar surface area (TPSA) is 95.6 Å². The number of ketones is 1. The molecule has 5 aromatic rings. The standard InChI is InChI=1S/C26H20Cl2N6O2S/c27-18-6-7-21(34-15-24(28)31-32-34)19(13-18)20-14-26(36)33(16-30-20)22(12-17-4-2-1-3-5-17)23(35)8-9-25-29-10-11-37-25/h1-7,10-11,13-16,22H,8-9,12H2/t22-/m0/s1. The van der Waals surface area contributed by atoms with Crippen molar-refractivity contribution < 1.29 is 4.79 Å². The Hall–Kier alpha value is -3.66. The first-order valence-electron chi connectivity index (χ1n) is 11.4. The number of carbonyl (C=O) groups is 1. The lowest BCUT2D eigenvalue weighted by Crippen LogP contribution is -2.31. The molecule has 0 spiro atoms. The van der Waals surface area contributed by atoms with Gasteiger partial charge in [-0.15, -0.1) is 16.4 Å². The molecule has 0 amide bonds. The molecule has 0 bridgehead atoms. The summed E-state index contributed by atoms with van der Waals surface area (Å²) in [5.74, 6) is -0.0589. The van der Waals surface area contributed by atoms with Crippen LogP contribution < -0.4 is 5.56 Å². The highest BCUT2D eigenvalue weighted by Gasteiger charge is 2.23. The second-order valence-electron chi connectivity index (χ2n) is 8.26. The lowest BCUT2D eigenvalue weighted by atomic mass is 9.99. The summed E-state index contributed by atoms with van der Waals surface area (Å²) >= 11 is 13.7. The van der Waals surface area contributed by atoms with Crippen LogP contribution in [-0.4, -0.2) is 35.3 Å². The van der Waals surface area contributed by atoms with Crippen LogP contribution in [-0.2, 0) is 17.6 Å². The normalized spacial score (nSPS) is 11.9. The summed E-state index contributed by atoms with van der Waals surface area (Å²) in [6, 6.07) is 15.5. The molecule has 0 saturated carbocycles. The van der Waals surface area contributed by atoms with Gasteiger partial charge in [0.05, 0.1) is 28.9 Å². The average molecular weight is 551 g/mol. The van der Waals surface area contributed by atoms with E-state index < -0.39 is 6.04 Å². The number of halogens is 2. The molecule has 11 heteroatoms. The van der Waals surface area contributed by atoms with Crippen LogP contribution in [0.1, 0.15) is 23.0 Å². The fourth-order valence-corrected chi connectivity index (χ4v) is 4.96. The molecule has 0 radical (unpaired) electrons. The Kier molecular flexibility index (Phi) is 7.55. The molecule has 37 heavy (non-hydrogen) atoms. The predicted octanol–water partition coefficient (Wildman–Crippen LogP) is 5.24. The Bertz CT molecular complexity index is 1580. The summed E-state index contributed by atoms with van der Waals surface area (Å²) < 4.78 is 2.89. The molecule has 8 nitrogen and oxygen atoms in total. The summed E-state index contributed by atoms with van der Waals surface area (Å²) in [4.78, 5) is 35.6. The Balaban J connectivity index is 1.50. The van der Waals surface area contributed by atoms with Crippen molar-refractivity contribution in [3.8, 4) is 16.9 Å². The van der Waals surface area contributed by atoms with Crippen LogP contribution in [0.4, 0.5) is 0 Å². The van der Waals surface area contributed by atoms with Gasteiger partial charge in [0.1, 0.15) is 6.04 Å². The second-order valence-corrected chi connectivity index (χ2v) is 10.1. The van der Waals surface area contributed by atoms with Crippen molar-refractivity contribution in [3.05, 3.63) is 110 Å². The number of benzene rings is 2. The van der Waals surface area contributed by atoms with E-state index in [1.807, 2.05) is 35.7 Å². The number of hydrogen-bond donors (Lipinski definition) is 0. The van der Waals surface area contributed by atoms with Gasteiger partial charge in [0.15, 0.2) is 10.9 Å². The fourth-order valence-electron chi connectivity index (χ4n) is 4.04. The second kappa shape index (κ2) is 11.2. The molecule has 3 aromatic heterocycles. The number of rotatable bonds is 9. The first kappa shape index (κ1) is 25.0. The van der Waals surface area contributed by atoms with Crippen LogP contribution in [0.3, 0.4) is 0 Å². The molecule has 0 unspecified atom stereocenters. The van der Waals surface area contributed by atoms with E-state index in [9.17, 15) is 9.59 Å². The van der Waals surface area contributed by atoms with Crippen molar-refractivity contribution in [2.24, 2.45) is 0 Å². The minimum Gasteiger partial charge on any atom is -0.297 e. The van der Waals surface area contributed by atoms with Crippen LogP contribution in [0.15, 0.2) is 83.5 Å². The summed E-state index contributed by atoms with van der Waals surface area (Å²) in [5.41, 5.74) is 2.17. The average Bonchev–Trinajstić information content (AvgIpc) is 3.58. The zero-order chi connectivity index (χ0) is 25.8. The molecule has 1 atom stereocenters. The molecule has 5 rings (SSSR count). The number of carbonyl (C=O) groups excluding carboxylic acids is 1. The summed E-state index contributed by atoms with van der Waals surface area (Å²) in [6.45, 7) is 0. The Morgan fingerprint density at radius 1 is 1.05 bits per heavy atom. The minimum absolute atomic E-state index is 0.0589. The van der Waals surface area contributed by atoms with Crippen LogP contribution in [0.25, 0.3) is 16.9 Å². The van der Waals surface area contributed by atoms with Crippen molar-refractivity contribution in [1.82, 2.24) is 29.5 Å². The molecular weight excluding hydrogens is 531 g/mol. The molecule has 0 aliphatic rings. The number of Topliss-reactive ketones (excluding diaryl/α,β-unsaturated/α-hetero) is 1. The van der Waals surface area contributed by atoms with E-state index in [0.717, 1.165) is 10.6 Å². The lowest BCUT2D eigenvalue weighted by molar-refractivity contribution is -0.122. The van der Waals surface area contributed by atoms with Gasteiger partial charge in [0.2, 0.25) is 0 Å². The van der Waals surface area contributed by atoms with Gasteiger partial charge in [-0.2, -0.15) is 0 Å². The van der Waals surface area contributed by atoms with Gasteiger partial charge in [-0.3, -0.25) is 14.2 Å². The number of hydrogen-bond acceptors (Lipinski definition) is 7. The molecule has 3 heterocycles. The third-order valence-electron chi connectivity index (χ3n) is 5.83. The summed E-state index contributed by atoms with van der Waals surface area (Å²) in [5, 5.41) is 11.3. The number of nitrogens with zero attached hydrogens (tertiary/aromatic N) is 6. The SMILES string of the molecule is O=C(CCc1nccs1)[C@H](Cc1ccccc1)n1cnc(-c2cc(Cl)ccc2-n2cc(Cl)nn2)cc1=O. The third kappa shape index (κ3) is 5.85. The minimum atomic E-state index is -0.704. The molecule has 0 aliphatic heterocycles. The van der Waals surface area contributed by atoms with Gasteiger partial charge in [0.25, 0.3) is 5.56 Å². The smallest absolute Gasteiger partial charge is 0.254 e. The van der Waals surface area contributed by atoms with Crippen LogP contribution in [0.2, 0.25) is 10.2 Å². The predicted molar refractivity (Wildman–Crippen MR) is 143 cm³/mol. The summed E-state index contributed by atoms with van der Waals surface area (Å²) in [6.07, 6.45) is 5.85. The van der Waals surface area contributed by atoms with Crippen molar-refractivity contribution in [2.45, 2.75) is 25.3 Å². The van der Waals surface area contributed by atoms with E-state index in [2.05, 4.69) is 20.3 Å². The molecule has 0 saturated heterocycles. The molecular formula is C26H20Cl2N6O2S. The first-order chi connectivity index (χ1) is 18.0. The van der Waals surface area contributed by atoms with Crippen LogP contribution >= 0.6 is 34.5 Å². The van der Waals surface area contributed by atoms with Gasteiger partial charge in [-0.1, -0.05) is 58.7 Å². The highest BCUT2D eigenvalue weighted by atomic mass is 35.5. The molecule has 0 N–H and O–H groups in total. The van der Waals surface area contributed by atoms with Crippen molar-refractivity contribution in [2.75, 3.05) is 0 Å². The van der Waals surface area contributed by atoms with Gasteiger partial charge in [-0.25, -0.2) is 14.6 Å². The first-order valence-corrected chi connectivity index (χ1v) is 13.0. The maximum absolute atomic E-state index is 13.4. The zero-order valence-corrected chi connectivity index (χ0v) is 21.7. The quantitative estimate of drug-likeness (QED) is 0.249. The maximum atomic E-state index is 13.4. The highest BCUT2D eigenvalue weighted by Crippen LogP contribution is 2.28. The van der Waals surface area contributed by atoms with Crippen LogP contribution in [0, 0.1) is 0 Å². The highest BCUT2D eigenvalue weighted by molar-refractivity contribution is 7.09. The largest absolute Gasteiger partial charge is 0.297 e. The van der Waals surface area contributed by atoms with Crippen molar-refractivity contribution in [1.29, 1.82) is 0 Å². The molecule has 186 valence electrons. The molecule has 0 fully saturated rings. The Morgan fingerprint density at radius 3 is 2.59 bits per heavy atom. The Morgan fingerprint density at radius 2 is 1.89 bits per heavy atom. The zero-order valence-electron chi connectivity index (χ0n) is 19.4. The molecule has 2 aromatic carbocycles. The van der Waals surface area contributed by atoms with Crippen molar-refractivity contribution in [3.63, 3.8) is 0 Å². The van der Waals surface area contributed by atoms with Gasteiger partial charge >= 0.3 is 0 Å². The number of aryl methyl sites for hydroxylation is 1. The van der Waals surface area contributed by atoms with E-state index in [4.69, 9.17) is 23.2 Å². The number of thiazole rings is 1. The molecule has 0 aliphatic carbocycles. The van der Waals surface area contributed by atoms with Gasteiger partial charge in [0, 0.05) is 47.5 Å². The van der Waals surface area contributed by atoms with E-state index in [1.54, 1.807) is 30.6 Å².